The van der Waals surface area contributed by atoms with Crippen LogP contribution in [0.15, 0.2) is 71.6 Å². The summed E-state index contributed by atoms with van der Waals surface area (Å²) in [6.07, 6.45) is 0.734. The summed E-state index contributed by atoms with van der Waals surface area (Å²) in [6.45, 7) is 1.97. The molecule has 150 valence electrons. The van der Waals surface area contributed by atoms with Crippen molar-refractivity contribution >= 4 is 38.9 Å². The SMILES string of the molecule is CCc1ccccc1NC(=O)c1ccc(Cl)c(S(=O)(=O)Nc2ccc(F)cc2)c1. The van der Waals surface area contributed by atoms with Crippen LogP contribution in [0.5, 0.6) is 0 Å². The highest BCUT2D eigenvalue weighted by Gasteiger charge is 2.21. The quantitative estimate of drug-likeness (QED) is 0.569. The lowest BCUT2D eigenvalue weighted by atomic mass is 10.1. The molecular weight excluding hydrogens is 415 g/mol. The van der Waals surface area contributed by atoms with Gasteiger partial charge < -0.3 is 5.32 Å². The number of anilines is 2. The van der Waals surface area contributed by atoms with Crippen LogP contribution in [0, 0.1) is 5.82 Å². The summed E-state index contributed by atoms with van der Waals surface area (Å²) in [7, 11) is -4.08. The number of para-hydroxylation sites is 1. The zero-order chi connectivity index (χ0) is 21.0. The lowest BCUT2D eigenvalue weighted by molar-refractivity contribution is 0.102. The second-order valence-corrected chi connectivity index (χ2v) is 8.28. The summed E-state index contributed by atoms with van der Waals surface area (Å²) in [6, 6.07) is 16.2. The van der Waals surface area contributed by atoms with E-state index in [1.807, 2.05) is 19.1 Å². The molecule has 3 aromatic rings. The highest BCUT2D eigenvalue weighted by atomic mass is 35.5. The van der Waals surface area contributed by atoms with Gasteiger partial charge in [0.15, 0.2) is 0 Å². The average Bonchev–Trinajstić information content (AvgIpc) is 2.70. The molecule has 0 bridgehead atoms. The number of nitrogens with one attached hydrogen (secondary N) is 2. The average molecular weight is 433 g/mol. The summed E-state index contributed by atoms with van der Waals surface area (Å²) in [4.78, 5) is 12.4. The third-order valence-corrected chi connectivity index (χ3v) is 6.09. The molecule has 0 aliphatic carbocycles. The molecule has 0 saturated carbocycles. The molecule has 0 radical (unpaired) electrons. The van der Waals surface area contributed by atoms with Crippen LogP contribution >= 0.6 is 11.6 Å². The molecule has 0 aliphatic rings. The predicted octanol–water partition coefficient (Wildman–Crippen LogP) is 5.09. The molecule has 8 heteroatoms. The number of carbonyl (C=O) groups is 1. The number of halogens is 2. The summed E-state index contributed by atoms with van der Waals surface area (Å²) in [5, 5.41) is 2.76. The first kappa shape index (κ1) is 20.8. The Labute approximate surface area is 173 Å². The minimum absolute atomic E-state index is 0.0369. The van der Waals surface area contributed by atoms with Gasteiger partial charge in [-0.05, 0) is 60.5 Å². The van der Waals surface area contributed by atoms with Crippen LogP contribution < -0.4 is 10.0 Å². The maximum atomic E-state index is 13.0. The van der Waals surface area contributed by atoms with Gasteiger partial charge in [-0.3, -0.25) is 9.52 Å². The number of amides is 1. The van der Waals surface area contributed by atoms with Gasteiger partial charge in [-0.2, -0.15) is 0 Å². The van der Waals surface area contributed by atoms with Gasteiger partial charge in [0.25, 0.3) is 15.9 Å². The molecule has 29 heavy (non-hydrogen) atoms. The molecule has 2 N–H and O–H groups in total. The van der Waals surface area contributed by atoms with Gasteiger partial charge >= 0.3 is 0 Å². The lowest BCUT2D eigenvalue weighted by Gasteiger charge is -2.12. The van der Waals surface area contributed by atoms with E-state index >= 15 is 0 Å². The molecular formula is C21H18ClFN2O3S. The lowest BCUT2D eigenvalue weighted by Crippen LogP contribution is -2.17. The third kappa shape index (κ3) is 4.93. The number of carbonyl (C=O) groups excluding carboxylic acids is 1. The Morgan fingerprint density at radius 1 is 1.03 bits per heavy atom. The fraction of sp³-hybridized carbons (Fsp3) is 0.0952. The van der Waals surface area contributed by atoms with E-state index in [-0.39, 0.29) is 21.2 Å². The first-order valence-corrected chi connectivity index (χ1v) is 10.6. The summed E-state index contributed by atoms with van der Waals surface area (Å²) in [5.74, 6) is -0.946. The van der Waals surface area contributed by atoms with E-state index in [4.69, 9.17) is 11.6 Å². The zero-order valence-corrected chi connectivity index (χ0v) is 17.0. The van der Waals surface area contributed by atoms with Crippen LogP contribution in [0.1, 0.15) is 22.8 Å². The smallest absolute Gasteiger partial charge is 0.263 e. The van der Waals surface area contributed by atoms with E-state index < -0.39 is 21.7 Å². The molecule has 3 rings (SSSR count). The van der Waals surface area contributed by atoms with E-state index in [9.17, 15) is 17.6 Å². The van der Waals surface area contributed by atoms with Crippen LogP contribution in [-0.2, 0) is 16.4 Å². The van der Waals surface area contributed by atoms with Crippen LogP contribution in [0.2, 0.25) is 5.02 Å². The fourth-order valence-corrected chi connectivity index (χ4v) is 4.31. The zero-order valence-electron chi connectivity index (χ0n) is 15.4. The van der Waals surface area contributed by atoms with Crippen molar-refractivity contribution in [3.8, 4) is 0 Å². The number of hydrogen-bond acceptors (Lipinski definition) is 3. The van der Waals surface area contributed by atoms with Gasteiger partial charge in [-0.25, -0.2) is 12.8 Å². The van der Waals surface area contributed by atoms with Crippen molar-refractivity contribution in [2.45, 2.75) is 18.2 Å². The number of rotatable bonds is 6. The number of aryl methyl sites for hydroxylation is 1. The Hall–Kier alpha value is -2.90. The third-order valence-electron chi connectivity index (χ3n) is 4.23. The standard InChI is InChI=1S/C21H18ClFN2O3S/c1-2-14-5-3-4-6-19(14)24-21(26)15-7-12-18(22)20(13-15)29(27,28)25-17-10-8-16(23)9-11-17/h3-13,25H,2H2,1H3,(H,24,26). The predicted molar refractivity (Wildman–Crippen MR) is 112 cm³/mol. The first-order chi connectivity index (χ1) is 13.8. The second kappa shape index (κ2) is 8.63. The molecule has 1 amide bonds. The molecule has 0 saturated heterocycles. The van der Waals surface area contributed by atoms with Gasteiger partial charge in [0, 0.05) is 16.9 Å². The van der Waals surface area contributed by atoms with Crippen molar-refractivity contribution in [3.63, 3.8) is 0 Å². The monoisotopic (exact) mass is 432 g/mol. The van der Waals surface area contributed by atoms with Crippen molar-refractivity contribution in [1.29, 1.82) is 0 Å². The highest BCUT2D eigenvalue weighted by molar-refractivity contribution is 7.92. The molecule has 0 aliphatic heterocycles. The van der Waals surface area contributed by atoms with E-state index in [1.54, 1.807) is 12.1 Å². The Balaban J connectivity index is 1.89. The summed E-state index contributed by atoms with van der Waals surface area (Å²) in [5.41, 5.74) is 1.93. The highest BCUT2D eigenvalue weighted by Crippen LogP contribution is 2.26. The molecule has 0 spiro atoms. The van der Waals surface area contributed by atoms with E-state index in [1.165, 1.54) is 30.3 Å². The topological polar surface area (TPSA) is 75.3 Å². The molecule has 5 nitrogen and oxygen atoms in total. The van der Waals surface area contributed by atoms with Crippen LogP contribution in [0.3, 0.4) is 0 Å². The van der Waals surface area contributed by atoms with Gasteiger partial charge in [0.2, 0.25) is 0 Å². The molecule has 0 atom stereocenters. The van der Waals surface area contributed by atoms with Gasteiger partial charge in [-0.1, -0.05) is 36.7 Å². The molecule has 0 unspecified atom stereocenters. The van der Waals surface area contributed by atoms with E-state index in [0.717, 1.165) is 24.1 Å². The van der Waals surface area contributed by atoms with E-state index in [0.29, 0.717) is 5.69 Å². The van der Waals surface area contributed by atoms with Gasteiger partial charge in [-0.15, -0.1) is 0 Å². The summed E-state index contributed by atoms with van der Waals surface area (Å²) < 4.78 is 40.8. The van der Waals surface area contributed by atoms with Crippen molar-refractivity contribution < 1.29 is 17.6 Å². The van der Waals surface area contributed by atoms with Crippen LogP contribution in [0.25, 0.3) is 0 Å². The van der Waals surface area contributed by atoms with Crippen molar-refractivity contribution in [3.05, 3.63) is 88.7 Å². The molecule has 0 aromatic heterocycles. The molecule has 3 aromatic carbocycles. The van der Waals surface area contributed by atoms with Crippen molar-refractivity contribution in [1.82, 2.24) is 0 Å². The van der Waals surface area contributed by atoms with E-state index in [2.05, 4.69) is 10.0 Å². The number of hydrogen-bond donors (Lipinski definition) is 2. The molecule has 0 fully saturated rings. The van der Waals surface area contributed by atoms with Gasteiger partial charge in [0.1, 0.15) is 10.7 Å². The minimum Gasteiger partial charge on any atom is -0.322 e. The Kier molecular flexibility index (Phi) is 6.20. The second-order valence-electron chi connectivity index (χ2n) is 6.22. The van der Waals surface area contributed by atoms with Crippen molar-refractivity contribution in [2.24, 2.45) is 0 Å². The maximum Gasteiger partial charge on any atom is 0.263 e. The minimum atomic E-state index is -4.08. The Morgan fingerprint density at radius 2 is 1.72 bits per heavy atom. The van der Waals surface area contributed by atoms with Crippen molar-refractivity contribution in [2.75, 3.05) is 10.0 Å². The Morgan fingerprint density at radius 3 is 2.41 bits per heavy atom. The largest absolute Gasteiger partial charge is 0.322 e. The Bertz CT molecular complexity index is 1150. The first-order valence-electron chi connectivity index (χ1n) is 8.77. The normalized spacial score (nSPS) is 11.1. The van der Waals surface area contributed by atoms with Crippen LogP contribution in [-0.4, -0.2) is 14.3 Å². The van der Waals surface area contributed by atoms with Gasteiger partial charge in [0.05, 0.1) is 5.02 Å². The number of sulfonamides is 1. The number of benzene rings is 3. The summed E-state index contributed by atoms with van der Waals surface area (Å²) >= 11 is 6.07. The maximum absolute atomic E-state index is 13.0. The van der Waals surface area contributed by atoms with Crippen LogP contribution in [0.4, 0.5) is 15.8 Å². The molecule has 0 heterocycles. The fourth-order valence-electron chi connectivity index (χ4n) is 2.72.